The third-order valence-electron chi connectivity index (χ3n) is 5.24. The molecule has 3 atom stereocenters. The summed E-state index contributed by atoms with van der Waals surface area (Å²) in [7, 11) is 1.38. The van der Waals surface area contributed by atoms with Crippen molar-refractivity contribution in [2.75, 3.05) is 7.11 Å². The molecule has 0 radical (unpaired) electrons. The lowest BCUT2D eigenvalue weighted by atomic mass is 10.0. The lowest BCUT2D eigenvalue weighted by Gasteiger charge is -2.18. The number of hydrogen-bond acceptors (Lipinski definition) is 9. The average molecular weight is 513 g/mol. The van der Waals surface area contributed by atoms with Crippen molar-refractivity contribution in [3.05, 3.63) is 77.6 Å². The van der Waals surface area contributed by atoms with Crippen LogP contribution < -0.4 is 5.32 Å². The molecule has 1 aliphatic rings. The summed E-state index contributed by atoms with van der Waals surface area (Å²) in [5.74, 6) is -2.12. The van der Waals surface area contributed by atoms with Crippen molar-refractivity contribution < 1.29 is 38.9 Å². The number of phenols is 1. The number of ether oxygens (including phenoxy) is 2. The van der Waals surface area contributed by atoms with Crippen LogP contribution in [0.15, 0.2) is 71.6 Å². The van der Waals surface area contributed by atoms with E-state index in [2.05, 4.69) is 15.3 Å². The quantitative estimate of drug-likeness (QED) is 0.174. The molecule has 1 aliphatic heterocycles. The maximum Gasteiger partial charge on any atom is 0.342 e. The number of hydrogen-bond donors (Lipinski definition) is 3. The number of benzene rings is 1. The smallest absolute Gasteiger partial charge is 0.342 e. The summed E-state index contributed by atoms with van der Waals surface area (Å²) in [5.41, 5.74) is 1.09. The summed E-state index contributed by atoms with van der Waals surface area (Å²) in [5, 5.41) is 26.7. The normalized spacial score (nSPS) is 23.9. The molecule has 0 unspecified atom stereocenters. The fourth-order valence-electron chi connectivity index (χ4n) is 3.30. The van der Waals surface area contributed by atoms with Gasteiger partial charge in [0.1, 0.15) is 30.6 Å². The van der Waals surface area contributed by atoms with Crippen LogP contribution in [0.5, 0.6) is 5.75 Å². The number of rotatable bonds is 6. The molecule has 0 saturated heterocycles. The molecule has 198 valence electrons. The van der Waals surface area contributed by atoms with E-state index >= 15 is 0 Å². The van der Waals surface area contributed by atoms with Crippen LogP contribution in [-0.4, -0.2) is 59.7 Å². The molecule has 10 nitrogen and oxygen atoms in total. The molecular formula is C27H32N2O8. The number of aromatic hydroxyl groups is 1. The molecular weight excluding hydrogens is 480 g/mol. The zero-order chi connectivity index (χ0) is 27.2. The van der Waals surface area contributed by atoms with Gasteiger partial charge in [-0.3, -0.25) is 9.59 Å². The molecule has 2 rings (SSSR count). The van der Waals surface area contributed by atoms with E-state index in [9.17, 15) is 24.6 Å². The number of phenolic OH excluding ortho intramolecular Hbond substituents is 1. The van der Waals surface area contributed by atoms with Gasteiger partial charge in [-0.15, -0.1) is 0 Å². The molecule has 0 fully saturated rings. The second kappa shape index (κ2) is 15.0. The fourth-order valence-corrected chi connectivity index (χ4v) is 3.30. The van der Waals surface area contributed by atoms with Gasteiger partial charge in [-0.05, 0) is 49.6 Å². The minimum absolute atomic E-state index is 0.0293. The predicted molar refractivity (Wildman–Crippen MR) is 137 cm³/mol. The number of oxime groups is 1. The zero-order valence-electron chi connectivity index (χ0n) is 21.0. The van der Waals surface area contributed by atoms with Crippen LogP contribution in [0.25, 0.3) is 0 Å². The van der Waals surface area contributed by atoms with Gasteiger partial charge in [0.05, 0.1) is 18.7 Å². The van der Waals surface area contributed by atoms with Gasteiger partial charge in [0, 0.05) is 18.7 Å². The van der Waals surface area contributed by atoms with Crippen LogP contribution in [0.3, 0.4) is 0 Å². The largest absolute Gasteiger partial charge is 0.507 e. The number of aliphatic hydroxyl groups excluding tert-OH is 1. The van der Waals surface area contributed by atoms with Crippen LogP contribution in [0.2, 0.25) is 0 Å². The van der Waals surface area contributed by atoms with Crippen molar-refractivity contribution >= 4 is 24.1 Å². The first-order valence-corrected chi connectivity index (χ1v) is 11.6. The summed E-state index contributed by atoms with van der Waals surface area (Å²) in [6.07, 6.45) is 9.26. The molecule has 1 heterocycles. The molecule has 0 saturated carbocycles. The molecule has 1 amide bonds. The molecule has 3 N–H and O–H groups in total. The number of allylic oxidation sites excluding steroid dienone is 2. The van der Waals surface area contributed by atoms with E-state index in [0.29, 0.717) is 11.1 Å². The van der Waals surface area contributed by atoms with Gasteiger partial charge in [0.2, 0.25) is 5.91 Å². The van der Waals surface area contributed by atoms with Crippen molar-refractivity contribution in [3.8, 4) is 5.75 Å². The van der Waals surface area contributed by atoms with E-state index in [-0.39, 0.29) is 30.6 Å². The van der Waals surface area contributed by atoms with E-state index in [4.69, 9.17) is 9.47 Å². The Balaban J connectivity index is 2.25. The molecule has 1 aromatic carbocycles. The van der Waals surface area contributed by atoms with Crippen molar-refractivity contribution in [2.24, 2.45) is 5.16 Å². The SMILES string of the molecule is CO/N=C/C=C/C(=O)N/C=C/C[C@H]1CC(=O)O[C@@H](C)/C=C/[C@@H](O)/C(C)=C\Cc2cccc(O)c2C(=O)O1. The number of fused-ring (bicyclic) bond motifs is 1. The molecule has 1 aromatic rings. The molecule has 0 bridgehead atoms. The number of carbonyl (C=O) groups is 3. The Morgan fingerprint density at radius 3 is 2.81 bits per heavy atom. The van der Waals surface area contributed by atoms with Crippen LogP contribution in [-0.2, 0) is 30.3 Å². The van der Waals surface area contributed by atoms with Gasteiger partial charge in [-0.2, -0.15) is 0 Å². The Hall–Kier alpha value is -4.18. The summed E-state index contributed by atoms with van der Waals surface area (Å²) >= 11 is 0. The van der Waals surface area contributed by atoms with Crippen LogP contribution in [0.4, 0.5) is 0 Å². The highest BCUT2D eigenvalue weighted by Gasteiger charge is 2.24. The van der Waals surface area contributed by atoms with Crippen molar-refractivity contribution in [3.63, 3.8) is 0 Å². The maximum atomic E-state index is 13.1. The molecule has 37 heavy (non-hydrogen) atoms. The van der Waals surface area contributed by atoms with Crippen molar-refractivity contribution in [1.82, 2.24) is 5.32 Å². The molecule has 0 spiro atoms. The number of aliphatic hydroxyl groups is 1. The van der Waals surface area contributed by atoms with E-state index in [0.717, 1.165) is 0 Å². The van der Waals surface area contributed by atoms with Gasteiger partial charge < -0.3 is 29.8 Å². The summed E-state index contributed by atoms with van der Waals surface area (Å²) in [6, 6.07) is 4.65. The van der Waals surface area contributed by atoms with E-state index in [1.807, 2.05) is 0 Å². The van der Waals surface area contributed by atoms with Crippen LogP contribution in [0, 0.1) is 0 Å². The van der Waals surface area contributed by atoms with Gasteiger partial charge in [0.25, 0.3) is 0 Å². The predicted octanol–water partition coefficient (Wildman–Crippen LogP) is 2.87. The summed E-state index contributed by atoms with van der Waals surface area (Å²) in [4.78, 5) is 41.9. The first-order chi connectivity index (χ1) is 17.7. The molecule has 10 heteroatoms. The van der Waals surface area contributed by atoms with Crippen molar-refractivity contribution in [1.29, 1.82) is 0 Å². The zero-order valence-corrected chi connectivity index (χ0v) is 21.0. The molecule has 0 aliphatic carbocycles. The number of carbonyl (C=O) groups excluding carboxylic acids is 3. The minimum atomic E-state index is -0.936. The fraction of sp³-hybridized carbons (Fsp3) is 0.333. The van der Waals surface area contributed by atoms with Gasteiger partial charge in [-0.25, -0.2) is 4.79 Å². The minimum Gasteiger partial charge on any atom is -0.507 e. The van der Waals surface area contributed by atoms with Crippen LogP contribution in [0.1, 0.15) is 42.6 Å². The second-order valence-electron chi connectivity index (χ2n) is 8.16. The summed E-state index contributed by atoms with van der Waals surface area (Å²) in [6.45, 7) is 3.38. The van der Waals surface area contributed by atoms with E-state index in [1.54, 1.807) is 38.1 Å². The van der Waals surface area contributed by atoms with E-state index in [1.165, 1.54) is 49.9 Å². The third kappa shape index (κ3) is 10.1. The van der Waals surface area contributed by atoms with Gasteiger partial charge >= 0.3 is 11.9 Å². The Morgan fingerprint density at radius 2 is 2.05 bits per heavy atom. The number of cyclic esters (lactones) is 2. The lowest BCUT2D eigenvalue weighted by molar-refractivity contribution is -0.148. The first kappa shape index (κ1) is 29.1. The highest BCUT2D eigenvalue weighted by Crippen LogP contribution is 2.25. The number of esters is 2. The highest BCUT2D eigenvalue weighted by molar-refractivity contribution is 5.94. The van der Waals surface area contributed by atoms with Crippen molar-refractivity contribution in [2.45, 2.75) is 51.4 Å². The third-order valence-corrected chi connectivity index (χ3v) is 5.24. The van der Waals surface area contributed by atoms with E-state index < -0.39 is 36.2 Å². The lowest BCUT2D eigenvalue weighted by Crippen LogP contribution is -2.25. The second-order valence-corrected chi connectivity index (χ2v) is 8.16. The maximum absolute atomic E-state index is 13.1. The number of nitrogens with one attached hydrogen (secondary N) is 1. The highest BCUT2D eigenvalue weighted by atomic mass is 16.6. The summed E-state index contributed by atoms with van der Waals surface area (Å²) < 4.78 is 10.9. The monoisotopic (exact) mass is 512 g/mol. The Labute approximate surface area is 215 Å². The topological polar surface area (TPSA) is 144 Å². The van der Waals surface area contributed by atoms with Gasteiger partial charge in [0.15, 0.2) is 0 Å². The first-order valence-electron chi connectivity index (χ1n) is 11.6. The number of nitrogens with zero attached hydrogens (tertiary/aromatic N) is 1. The average Bonchev–Trinajstić information content (AvgIpc) is 2.85. The Morgan fingerprint density at radius 1 is 1.27 bits per heavy atom. The van der Waals surface area contributed by atoms with Gasteiger partial charge in [-0.1, -0.05) is 35.5 Å². The number of amides is 1. The Bertz CT molecular complexity index is 1100. The van der Waals surface area contributed by atoms with Crippen LogP contribution >= 0.6 is 0 Å². The molecule has 0 aromatic heterocycles. The Kier molecular flexibility index (Phi) is 11.8. The standard InChI is InChI=1S/C27H32N2O8/c1-18-11-13-20-7-4-9-23(31)26(20)27(34)37-21(17-25(33)36-19(2)12-14-22(18)30)8-5-15-28-24(32)10-6-16-29-35-3/h4-7,9-12,14-16,19,21-22,30-31H,8,13,17H2,1-3H3,(H,28,32)/b10-6+,14-12+,15-5+,18-11-,29-16+/t19-,21-,22+/m0/s1.